The summed E-state index contributed by atoms with van der Waals surface area (Å²) in [5, 5.41) is 8.35. The third kappa shape index (κ3) is 2.61. The first kappa shape index (κ1) is 15.9. The van der Waals surface area contributed by atoms with E-state index in [4.69, 9.17) is 11.6 Å². The maximum absolute atomic E-state index is 12.8. The Bertz CT molecular complexity index is 1120. The highest BCUT2D eigenvalue weighted by atomic mass is 35.5. The Kier molecular flexibility index (Phi) is 3.82. The zero-order valence-corrected chi connectivity index (χ0v) is 14.6. The van der Waals surface area contributed by atoms with Crippen molar-refractivity contribution in [3.63, 3.8) is 0 Å². The molecule has 1 aliphatic heterocycles. The lowest BCUT2D eigenvalue weighted by Gasteiger charge is -2.07. The van der Waals surface area contributed by atoms with Crippen molar-refractivity contribution in [3.05, 3.63) is 63.4 Å². The topological polar surface area (TPSA) is 76.3 Å². The van der Waals surface area contributed by atoms with E-state index in [1.165, 1.54) is 11.8 Å². The van der Waals surface area contributed by atoms with Gasteiger partial charge in [-0.05, 0) is 36.6 Å². The molecular formula is C17H11ClN4O2S. The fourth-order valence-electron chi connectivity index (χ4n) is 2.65. The molecule has 0 aliphatic carbocycles. The molecule has 3 aromatic rings. The second-order valence-corrected chi connectivity index (χ2v) is 6.54. The summed E-state index contributed by atoms with van der Waals surface area (Å²) in [5.74, 6) is -0.385. The van der Waals surface area contributed by atoms with Crippen LogP contribution in [0.2, 0.25) is 5.02 Å². The van der Waals surface area contributed by atoms with Crippen LogP contribution >= 0.6 is 23.4 Å². The maximum Gasteiger partial charge on any atom is 0.282 e. The highest BCUT2D eigenvalue weighted by molar-refractivity contribution is 7.98. The molecule has 1 aliphatic rings. The van der Waals surface area contributed by atoms with E-state index in [2.05, 4.69) is 15.4 Å². The minimum atomic E-state index is -0.385. The number of anilines is 1. The number of hydrogen-bond donors (Lipinski definition) is 1. The molecule has 0 fully saturated rings. The van der Waals surface area contributed by atoms with Gasteiger partial charge in [0.2, 0.25) is 0 Å². The summed E-state index contributed by atoms with van der Waals surface area (Å²) in [6.45, 7) is 0. The molecule has 0 atom stereocenters. The number of fused-ring (bicyclic) bond motifs is 2. The number of thioether (sulfide) groups is 1. The van der Waals surface area contributed by atoms with Crippen LogP contribution in [0.15, 0.2) is 57.5 Å². The molecule has 0 radical (unpaired) electrons. The Morgan fingerprint density at radius 3 is 2.80 bits per heavy atom. The molecule has 0 saturated heterocycles. The van der Waals surface area contributed by atoms with Gasteiger partial charge >= 0.3 is 0 Å². The summed E-state index contributed by atoms with van der Waals surface area (Å²) >= 11 is 7.31. The Hall–Kier alpha value is -2.64. The van der Waals surface area contributed by atoms with E-state index in [0.717, 1.165) is 4.68 Å². The van der Waals surface area contributed by atoms with Crippen molar-refractivity contribution in [1.82, 2.24) is 9.66 Å². The lowest BCUT2D eigenvalue weighted by molar-refractivity contribution is -0.110. The van der Waals surface area contributed by atoms with Crippen molar-refractivity contribution in [1.29, 1.82) is 0 Å². The van der Waals surface area contributed by atoms with E-state index < -0.39 is 0 Å². The van der Waals surface area contributed by atoms with E-state index in [9.17, 15) is 9.59 Å². The largest absolute Gasteiger partial charge is 0.320 e. The summed E-state index contributed by atoms with van der Waals surface area (Å²) in [7, 11) is 0. The number of benzene rings is 2. The molecule has 6 nitrogen and oxygen atoms in total. The molecule has 1 N–H and O–H groups in total. The molecule has 124 valence electrons. The van der Waals surface area contributed by atoms with Crippen molar-refractivity contribution < 1.29 is 4.79 Å². The van der Waals surface area contributed by atoms with Crippen LogP contribution in [0.4, 0.5) is 5.69 Å². The summed E-state index contributed by atoms with van der Waals surface area (Å²) < 4.78 is 1.16. The fraction of sp³-hybridized carbons (Fsp3) is 0.0588. The lowest BCUT2D eigenvalue weighted by atomic mass is 10.1. The summed E-state index contributed by atoms with van der Waals surface area (Å²) in [6.07, 6.45) is 1.80. The van der Waals surface area contributed by atoms with E-state index in [1.807, 2.05) is 6.07 Å². The fourth-order valence-corrected chi connectivity index (χ4v) is 3.31. The number of para-hydroxylation sites is 1. The first-order valence-electron chi connectivity index (χ1n) is 7.34. The number of nitrogens with zero attached hydrogens (tertiary/aromatic N) is 3. The third-order valence-corrected chi connectivity index (χ3v) is 4.67. The van der Waals surface area contributed by atoms with Crippen molar-refractivity contribution >= 4 is 51.6 Å². The van der Waals surface area contributed by atoms with Crippen LogP contribution in [-0.4, -0.2) is 27.5 Å². The Balaban J connectivity index is 1.99. The number of carbonyl (C=O) groups excluding carboxylic acids is 1. The average molecular weight is 371 g/mol. The molecule has 2 aromatic carbocycles. The molecule has 0 unspecified atom stereocenters. The zero-order chi connectivity index (χ0) is 17.6. The van der Waals surface area contributed by atoms with Crippen LogP contribution < -0.4 is 10.9 Å². The maximum atomic E-state index is 12.8. The third-order valence-electron chi connectivity index (χ3n) is 3.81. The van der Waals surface area contributed by atoms with Gasteiger partial charge in [-0.15, -0.1) is 0 Å². The Morgan fingerprint density at radius 2 is 2.00 bits per heavy atom. The van der Waals surface area contributed by atoms with Gasteiger partial charge in [0, 0.05) is 10.6 Å². The first-order chi connectivity index (χ1) is 12.1. The molecule has 4 rings (SSSR count). The standard InChI is InChI=1S/C17H11ClN4O2S/c1-25-17-20-12-5-3-2-4-10(12)16(24)22(17)21-14-11-8-9(18)6-7-13(11)19-15(14)23/h2-8H,1H3,(H,19,21,23). The van der Waals surface area contributed by atoms with Gasteiger partial charge in [0.15, 0.2) is 10.9 Å². The number of nitrogens with one attached hydrogen (secondary N) is 1. The molecule has 1 aromatic heterocycles. The molecule has 0 bridgehead atoms. The van der Waals surface area contributed by atoms with Crippen molar-refractivity contribution in [3.8, 4) is 0 Å². The van der Waals surface area contributed by atoms with Crippen LogP contribution in [0.5, 0.6) is 0 Å². The van der Waals surface area contributed by atoms with Gasteiger partial charge in [0.05, 0.1) is 16.6 Å². The van der Waals surface area contributed by atoms with E-state index in [0.29, 0.717) is 32.3 Å². The molecule has 1 amide bonds. The summed E-state index contributed by atoms with van der Waals surface area (Å²) in [5.41, 5.74) is 1.57. The van der Waals surface area contributed by atoms with Gasteiger partial charge in [0.1, 0.15) is 0 Å². The van der Waals surface area contributed by atoms with E-state index >= 15 is 0 Å². The predicted octanol–water partition coefficient (Wildman–Crippen LogP) is 2.98. The minimum Gasteiger partial charge on any atom is -0.320 e. The molecule has 2 heterocycles. The summed E-state index contributed by atoms with van der Waals surface area (Å²) in [4.78, 5) is 29.6. The van der Waals surface area contributed by atoms with Gasteiger partial charge in [-0.1, -0.05) is 35.5 Å². The number of rotatable bonds is 2. The van der Waals surface area contributed by atoms with Gasteiger partial charge < -0.3 is 5.32 Å². The normalized spacial score (nSPS) is 14.8. The monoisotopic (exact) mass is 370 g/mol. The smallest absolute Gasteiger partial charge is 0.282 e. The lowest BCUT2D eigenvalue weighted by Crippen LogP contribution is -2.24. The van der Waals surface area contributed by atoms with Crippen LogP contribution in [-0.2, 0) is 4.79 Å². The van der Waals surface area contributed by atoms with E-state index in [-0.39, 0.29) is 17.2 Å². The van der Waals surface area contributed by atoms with Gasteiger partial charge in [-0.2, -0.15) is 9.78 Å². The van der Waals surface area contributed by atoms with Crippen LogP contribution in [0.1, 0.15) is 5.56 Å². The van der Waals surface area contributed by atoms with Crippen LogP contribution in [0.3, 0.4) is 0 Å². The number of halogens is 1. The second kappa shape index (κ2) is 6.02. The van der Waals surface area contributed by atoms with Crippen molar-refractivity contribution in [2.75, 3.05) is 11.6 Å². The Morgan fingerprint density at radius 1 is 1.20 bits per heavy atom. The molecule has 0 spiro atoms. The van der Waals surface area contributed by atoms with Gasteiger partial charge in [-0.25, -0.2) is 4.98 Å². The summed E-state index contributed by atoms with van der Waals surface area (Å²) in [6, 6.07) is 12.1. The van der Waals surface area contributed by atoms with Crippen LogP contribution in [0.25, 0.3) is 10.9 Å². The van der Waals surface area contributed by atoms with Gasteiger partial charge in [-0.3, -0.25) is 9.59 Å². The quantitative estimate of drug-likeness (QED) is 0.555. The number of aromatic nitrogens is 2. The van der Waals surface area contributed by atoms with E-state index in [1.54, 1.807) is 42.7 Å². The second-order valence-electron chi connectivity index (χ2n) is 5.33. The highest BCUT2D eigenvalue weighted by Crippen LogP contribution is 2.27. The average Bonchev–Trinajstić information content (AvgIpc) is 2.92. The first-order valence-corrected chi connectivity index (χ1v) is 8.95. The van der Waals surface area contributed by atoms with Gasteiger partial charge in [0.25, 0.3) is 11.5 Å². The number of carbonyl (C=O) groups is 1. The number of hydrogen-bond acceptors (Lipinski definition) is 5. The minimum absolute atomic E-state index is 0.131. The zero-order valence-electron chi connectivity index (χ0n) is 13.0. The van der Waals surface area contributed by atoms with Crippen molar-refractivity contribution in [2.24, 2.45) is 5.10 Å². The molecule has 8 heteroatoms. The number of amides is 1. The molecule has 0 saturated carbocycles. The molecular weight excluding hydrogens is 360 g/mol. The van der Waals surface area contributed by atoms with Crippen molar-refractivity contribution in [2.45, 2.75) is 5.16 Å². The van der Waals surface area contributed by atoms with Crippen LogP contribution in [0, 0.1) is 0 Å². The predicted molar refractivity (Wildman–Crippen MR) is 99.8 cm³/mol. The molecule has 25 heavy (non-hydrogen) atoms. The SMILES string of the molecule is CSc1nc2ccccc2c(=O)n1N=C1C(=O)Nc2ccc(Cl)cc21. The Labute approximate surface area is 151 Å². The highest BCUT2D eigenvalue weighted by Gasteiger charge is 2.27.